The van der Waals surface area contributed by atoms with E-state index in [1.807, 2.05) is 4.90 Å². The molecule has 178 valence electrons. The summed E-state index contributed by atoms with van der Waals surface area (Å²) in [6.07, 6.45) is 3.55. The van der Waals surface area contributed by atoms with Gasteiger partial charge in [0.05, 0.1) is 9.82 Å². The van der Waals surface area contributed by atoms with Crippen LogP contribution in [-0.2, 0) is 16.6 Å². The summed E-state index contributed by atoms with van der Waals surface area (Å²) < 4.78 is 27.5. The van der Waals surface area contributed by atoms with Crippen LogP contribution in [0.5, 0.6) is 0 Å². The summed E-state index contributed by atoms with van der Waals surface area (Å²) in [5, 5.41) is 11.9. The molecule has 9 heteroatoms. The van der Waals surface area contributed by atoms with Gasteiger partial charge in [0.15, 0.2) is 0 Å². The van der Waals surface area contributed by atoms with E-state index in [2.05, 4.69) is 36.1 Å². The first kappa shape index (κ1) is 23.7. The molecule has 8 nitrogen and oxygen atoms in total. The lowest BCUT2D eigenvalue weighted by molar-refractivity contribution is -0.384. The number of hydrogen-bond donors (Lipinski definition) is 0. The highest BCUT2D eigenvalue weighted by atomic mass is 32.2. The number of nitrogens with zero attached hydrogens (tertiary/aromatic N) is 4. The van der Waals surface area contributed by atoms with E-state index in [0.717, 1.165) is 45.3 Å². The molecule has 2 fully saturated rings. The molecule has 0 N–H and O–H groups in total. The maximum Gasteiger partial charge on any atom is 0.293 e. The summed E-state index contributed by atoms with van der Waals surface area (Å²) >= 11 is 0. The first-order valence-electron chi connectivity index (χ1n) is 11.7. The number of anilines is 1. The second-order valence-electron chi connectivity index (χ2n) is 8.97. The van der Waals surface area contributed by atoms with Gasteiger partial charge in [0.25, 0.3) is 5.69 Å². The molecule has 2 aliphatic rings. The number of nitro groups is 1. The van der Waals surface area contributed by atoms with Gasteiger partial charge in [-0.05, 0) is 43.9 Å². The number of hydrogen-bond acceptors (Lipinski definition) is 6. The SMILES string of the molecule is Cc1ccc(CN2CCCN(c3ccc(S(=O)(=O)N4CCCCC4)cc3[N+](=O)[O-])CC2)cc1. The smallest absolute Gasteiger partial charge is 0.293 e. The summed E-state index contributed by atoms with van der Waals surface area (Å²) in [5.74, 6) is 0. The van der Waals surface area contributed by atoms with Crippen LogP contribution in [0.1, 0.15) is 36.8 Å². The second-order valence-corrected chi connectivity index (χ2v) is 10.9. The lowest BCUT2D eigenvalue weighted by Gasteiger charge is -2.27. The summed E-state index contributed by atoms with van der Waals surface area (Å²) in [6, 6.07) is 12.9. The molecule has 0 amide bonds. The van der Waals surface area contributed by atoms with Crippen LogP contribution in [0.25, 0.3) is 0 Å². The Morgan fingerprint density at radius 3 is 2.30 bits per heavy atom. The first-order chi connectivity index (χ1) is 15.8. The minimum Gasteiger partial charge on any atom is -0.365 e. The molecule has 2 saturated heterocycles. The Kier molecular flexibility index (Phi) is 7.31. The minimum atomic E-state index is -3.72. The van der Waals surface area contributed by atoms with Crippen LogP contribution in [0.15, 0.2) is 47.4 Å². The van der Waals surface area contributed by atoms with E-state index < -0.39 is 14.9 Å². The predicted molar refractivity (Wildman–Crippen MR) is 129 cm³/mol. The summed E-state index contributed by atoms with van der Waals surface area (Å²) in [5.41, 5.74) is 2.85. The van der Waals surface area contributed by atoms with Crippen LogP contribution < -0.4 is 4.90 Å². The maximum atomic E-state index is 13.0. The van der Waals surface area contributed by atoms with Gasteiger partial charge in [-0.15, -0.1) is 0 Å². The van der Waals surface area contributed by atoms with Gasteiger partial charge < -0.3 is 4.90 Å². The zero-order valence-corrected chi connectivity index (χ0v) is 20.0. The van der Waals surface area contributed by atoms with Crippen molar-refractivity contribution in [1.29, 1.82) is 0 Å². The number of benzene rings is 2. The van der Waals surface area contributed by atoms with Crippen LogP contribution in [0.4, 0.5) is 11.4 Å². The molecule has 2 heterocycles. The molecule has 33 heavy (non-hydrogen) atoms. The van der Waals surface area contributed by atoms with E-state index in [-0.39, 0.29) is 10.6 Å². The highest BCUT2D eigenvalue weighted by molar-refractivity contribution is 7.89. The number of piperidine rings is 1. The normalized spacial score (nSPS) is 18.8. The van der Waals surface area contributed by atoms with E-state index in [1.54, 1.807) is 6.07 Å². The molecule has 0 saturated carbocycles. The van der Waals surface area contributed by atoms with Gasteiger partial charge in [0.2, 0.25) is 10.0 Å². The zero-order chi connectivity index (χ0) is 23.4. The van der Waals surface area contributed by atoms with Crippen LogP contribution in [0.2, 0.25) is 0 Å². The third-order valence-electron chi connectivity index (χ3n) is 6.55. The van der Waals surface area contributed by atoms with E-state index in [9.17, 15) is 18.5 Å². The molecule has 0 aromatic heterocycles. The van der Waals surface area contributed by atoms with Gasteiger partial charge in [0.1, 0.15) is 5.69 Å². The summed E-state index contributed by atoms with van der Waals surface area (Å²) in [7, 11) is -3.72. The second kappa shape index (κ2) is 10.2. The van der Waals surface area contributed by atoms with Crippen LogP contribution >= 0.6 is 0 Å². The standard InChI is InChI=1S/C24H32N4O4S/c1-20-6-8-21(9-7-20)19-25-12-5-13-26(17-16-25)23-11-10-22(18-24(23)28(29)30)33(31,32)27-14-3-2-4-15-27/h6-11,18H,2-5,12-17,19H2,1H3. The third kappa shape index (κ3) is 5.54. The minimum absolute atomic E-state index is 0.00988. The van der Waals surface area contributed by atoms with Crippen molar-refractivity contribution < 1.29 is 13.3 Å². The van der Waals surface area contributed by atoms with Crippen LogP contribution in [0, 0.1) is 17.0 Å². The lowest BCUT2D eigenvalue weighted by Crippen LogP contribution is -2.35. The van der Waals surface area contributed by atoms with E-state index in [4.69, 9.17) is 0 Å². The van der Waals surface area contributed by atoms with Gasteiger partial charge in [-0.3, -0.25) is 15.0 Å². The van der Waals surface area contributed by atoms with Crippen molar-refractivity contribution >= 4 is 21.4 Å². The Bertz CT molecular complexity index is 1080. The maximum absolute atomic E-state index is 13.0. The highest BCUT2D eigenvalue weighted by Gasteiger charge is 2.30. The predicted octanol–water partition coefficient (Wildman–Crippen LogP) is 3.79. The molecule has 4 rings (SSSR count). The molecule has 2 aliphatic heterocycles. The molecule has 0 spiro atoms. The van der Waals surface area contributed by atoms with Crippen molar-refractivity contribution in [1.82, 2.24) is 9.21 Å². The Morgan fingerprint density at radius 2 is 1.61 bits per heavy atom. The van der Waals surface area contributed by atoms with E-state index in [1.165, 1.54) is 27.6 Å². The van der Waals surface area contributed by atoms with Gasteiger partial charge in [-0.2, -0.15) is 4.31 Å². The van der Waals surface area contributed by atoms with Crippen molar-refractivity contribution in [2.75, 3.05) is 44.2 Å². The lowest BCUT2D eigenvalue weighted by atomic mass is 10.1. The fraction of sp³-hybridized carbons (Fsp3) is 0.500. The molecule has 2 aromatic carbocycles. The topological polar surface area (TPSA) is 87.0 Å². The van der Waals surface area contributed by atoms with Crippen LogP contribution in [0.3, 0.4) is 0 Å². The van der Waals surface area contributed by atoms with E-state index >= 15 is 0 Å². The molecule has 0 bridgehead atoms. The van der Waals surface area contributed by atoms with E-state index in [0.29, 0.717) is 31.9 Å². The molecule has 0 aliphatic carbocycles. The fourth-order valence-electron chi connectivity index (χ4n) is 4.65. The first-order valence-corrected chi connectivity index (χ1v) is 13.1. The van der Waals surface area contributed by atoms with Crippen molar-refractivity contribution in [3.8, 4) is 0 Å². The van der Waals surface area contributed by atoms with Gasteiger partial charge >= 0.3 is 0 Å². The quantitative estimate of drug-likeness (QED) is 0.470. The van der Waals surface area contributed by atoms with Gasteiger partial charge in [-0.25, -0.2) is 8.42 Å². The Morgan fingerprint density at radius 1 is 0.879 bits per heavy atom. The molecular weight excluding hydrogens is 440 g/mol. The van der Waals surface area contributed by atoms with Gasteiger partial charge in [0, 0.05) is 51.9 Å². The van der Waals surface area contributed by atoms with Gasteiger partial charge in [-0.1, -0.05) is 36.2 Å². The Labute approximate surface area is 196 Å². The van der Waals surface area contributed by atoms with Crippen LogP contribution in [-0.4, -0.2) is 61.8 Å². The average molecular weight is 473 g/mol. The Hall–Kier alpha value is -2.49. The molecule has 0 radical (unpaired) electrons. The average Bonchev–Trinajstić information content (AvgIpc) is 3.06. The number of nitro benzene ring substituents is 1. The molecule has 2 aromatic rings. The molecular formula is C24H32N4O4S. The highest BCUT2D eigenvalue weighted by Crippen LogP contribution is 2.33. The fourth-order valence-corrected chi connectivity index (χ4v) is 6.19. The number of aryl methyl sites for hydroxylation is 1. The summed E-state index contributed by atoms with van der Waals surface area (Å²) in [4.78, 5) is 15.8. The van der Waals surface area contributed by atoms with Crippen molar-refractivity contribution in [2.45, 2.75) is 44.0 Å². The monoisotopic (exact) mass is 472 g/mol. The molecule has 0 atom stereocenters. The largest absolute Gasteiger partial charge is 0.365 e. The summed E-state index contributed by atoms with van der Waals surface area (Å²) in [6.45, 7) is 6.93. The molecule has 0 unspecified atom stereocenters. The third-order valence-corrected chi connectivity index (χ3v) is 8.45. The van der Waals surface area contributed by atoms with Crippen molar-refractivity contribution in [3.63, 3.8) is 0 Å². The van der Waals surface area contributed by atoms with Crippen molar-refractivity contribution in [2.24, 2.45) is 0 Å². The number of sulfonamides is 1. The zero-order valence-electron chi connectivity index (χ0n) is 19.1. The number of rotatable bonds is 6. The Balaban J connectivity index is 1.51. The van der Waals surface area contributed by atoms with Crippen molar-refractivity contribution in [3.05, 3.63) is 63.7 Å².